The van der Waals surface area contributed by atoms with Gasteiger partial charge >= 0.3 is 6.03 Å². The van der Waals surface area contributed by atoms with Crippen LogP contribution in [-0.2, 0) is 0 Å². The summed E-state index contributed by atoms with van der Waals surface area (Å²) in [6.07, 6.45) is 0. The van der Waals surface area contributed by atoms with Gasteiger partial charge in [-0.1, -0.05) is 12.1 Å². The summed E-state index contributed by atoms with van der Waals surface area (Å²) in [4.78, 5) is 15.9. The lowest BCUT2D eigenvalue weighted by molar-refractivity contribution is 0.182. The highest BCUT2D eigenvalue weighted by atomic mass is 32.1. The Balaban J connectivity index is 1.96. The number of amides is 2. The molecule has 0 aromatic heterocycles. The van der Waals surface area contributed by atoms with Crippen molar-refractivity contribution < 1.29 is 4.79 Å². The maximum Gasteiger partial charge on any atom is 0.321 e. The number of carbonyl (C=O) groups excluding carboxylic acids is 1. The zero-order chi connectivity index (χ0) is 14.7. The molecule has 0 spiro atoms. The third-order valence-electron chi connectivity index (χ3n) is 3.51. The van der Waals surface area contributed by atoms with Crippen molar-refractivity contribution in [2.75, 3.05) is 31.5 Å². The van der Waals surface area contributed by atoms with Gasteiger partial charge in [0.2, 0.25) is 0 Å². The molecule has 2 amide bonds. The van der Waals surface area contributed by atoms with Gasteiger partial charge in [-0.15, -0.1) is 0 Å². The summed E-state index contributed by atoms with van der Waals surface area (Å²) in [6.45, 7) is 6.64. The number of rotatable bonds is 1. The predicted octanol–water partition coefficient (Wildman–Crippen LogP) is 1.70. The molecule has 1 aromatic rings. The van der Waals surface area contributed by atoms with E-state index in [1.165, 1.54) is 0 Å². The summed E-state index contributed by atoms with van der Waals surface area (Å²) in [7, 11) is 0. The van der Waals surface area contributed by atoms with Gasteiger partial charge in [0, 0.05) is 31.9 Å². The lowest BCUT2D eigenvalue weighted by Crippen LogP contribution is -2.52. The Kier molecular flexibility index (Phi) is 4.44. The van der Waals surface area contributed by atoms with Gasteiger partial charge < -0.3 is 20.9 Å². The van der Waals surface area contributed by atoms with Crippen LogP contribution in [0.2, 0.25) is 0 Å². The second-order valence-corrected chi connectivity index (χ2v) is 5.48. The summed E-state index contributed by atoms with van der Waals surface area (Å²) in [5, 5.41) is 3.37. The van der Waals surface area contributed by atoms with Crippen LogP contribution in [0.15, 0.2) is 18.2 Å². The number of anilines is 1. The minimum Gasteiger partial charge on any atom is -0.376 e. The van der Waals surface area contributed by atoms with Crippen molar-refractivity contribution in [1.82, 2.24) is 9.80 Å². The first-order valence-electron chi connectivity index (χ1n) is 6.65. The molecule has 1 aliphatic rings. The summed E-state index contributed by atoms with van der Waals surface area (Å²) in [5.41, 5.74) is 8.64. The van der Waals surface area contributed by atoms with Crippen molar-refractivity contribution in [3.63, 3.8) is 0 Å². The molecule has 3 N–H and O–H groups in total. The Hall–Kier alpha value is -1.82. The fraction of sp³-hybridized carbons (Fsp3) is 0.429. The lowest BCUT2D eigenvalue weighted by Gasteiger charge is -2.35. The summed E-state index contributed by atoms with van der Waals surface area (Å²) in [5.74, 6) is 0. The van der Waals surface area contributed by atoms with Crippen molar-refractivity contribution in [3.8, 4) is 0 Å². The molecule has 20 heavy (non-hydrogen) atoms. The van der Waals surface area contributed by atoms with Gasteiger partial charge in [-0.3, -0.25) is 0 Å². The average Bonchev–Trinajstić information content (AvgIpc) is 2.43. The molecule has 0 atom stereocenters. The number of aryl methyl sites for hydroxylation is 2. The van der Waals surface area contributed by atoms with Crippen molar-refractivity contribution in [1.29, 1.82) is 0 Å². The van der Waals surface area contributed by atoms with E-state index in [0.29, 0.717) is 31.3 Å². The van der Waals surface area contributed by atoms with Gasteiger partial charge in [0.1, 0.15) is 0 Å². The van der Waals surface area contributed by atoms with Crippen molar-refractivity contribution >= 4 is 29.0 Å². The Morgan fingerprint density at radius 1 is 1.20 bits per heavy atom. The van der Waals surface area contributed by atoms with E-state index in [1.807, 2.05) is 36.9 Å². The fourth-order valence-corrected chi connectivity index (χ4v) is 2.38. The number of benzene rings is 1. The average molecular weight is 292 g/mol. The molecule has 1 aliphatic heterocycles. The first-order chi connectivity index (χ1) is 9.47. The lowest BCUT2D eigenvalue weighted by atomic mass is 10.1. The number of carbonyl (C=O) groups is 1. The van der Waals surface area contributed by atoms with E-state index in [0.717, 1.165) is 16.8 Å². The van der Waals surface area contributed by atoms with Gasteiger partial charge in [0.25, 0.3) is 0 Å². The first kappa shape index (κ1) is 14.6. The number of nitrogens with one attached hydrogen (secondary N) is 1. The van der Waals surface area contributed by atoms with Crippen LogP contribution >= 0.6 is 12.2 Å². The smallest absolute Gasteiger partial charge is 0.321 e. The largest absolute Gasteiger partial charge is 0.376 e. The van der Waals surface area contributed by atoms with Crippen LogP contribution in [0.4, 0.5) is 10.5 Å². The topological polar surface area (TPSA) is 61.6 Å². The maximum absolute atomic E-state index is 12.2. The normalized spacial score (nSPS) is 15.1. The molecule has 0 radical (unpaired) electrons. The number of thiocarbonyl (C=S) groups is 1. The first-order valence-corrected chi connectivity index (χ1v) is 7.06. The second-order valence-electron chi connectivity index (χ2n) is 5.06. The van der Waals surface area contributed by atoms with Crippen molar-refractivity contribution in [2.24, 2.45) is 5.73 Å². The van der Waals surface area contributed by atoms with Gasteiger partial charge in [-0.25, -0.2) is 4.79 Å². The van der Waals surface area contributed by atoms with Gasteiger partial charge in [0.05, 0.1) is 0 Å². The zero-order valence-corrected chi connectivity index (χ0v) is 12.7. The molecule has 2 rings (SSSR count). The predicted molar refractivity (Wildman–Crippen MR) is 84.9 cm³/mol. The molecule has 108 valence electrons. The van der Waals surface area contributed by atoms with E-state index in [2.05, 4.69) is 5.32 Å². The maximum atomic E-state index is 12.2. The highest BCUT2D eigenvalue weighted by molar-refractivity contribution is 7.80. The van der Waals surface area contributed by atoms with Crippen LogP contribution in [0, 0.1) is 13.8 Å². The van der Waals surface area contributed by atoms with E-state index in [-0.39, 0.29) is 6.03 Å². The molecule has 0 unspecified atom stereocenters. The molecule has 1 saturated heterocycles. The summed E-state index contributed by atoms with van der Waals surface area (Å²) >= 11 is 4.94. The SMILES string of the molecule is Cc1ccc(C)c(NC(=O)N2CCN(C(N)=S)CC2)c1. The molecule has 0 aliphatic carbocycles. The molecular weight excluding hydrogens is 272 g/mol. The standard InChI is InChI=1S/C14H20N4OS/c1-10-3-4-11(2)12(9-10)16-14(19)18-7-5-17(6-8-18)13(15)20/h3-4,9H,5-8H2,1-2H3,(H2,15,20)(H,16,19). The molecule has 1 heterocycles. The Labute approximate surface area is 124 Å². The van der Waals surface area contributed by atoms with Crippen molar-refractivity contribution in [2.45, 2.75) is 13.8 Å². The van der Waals surface area contributed by atoms with E-state index in [1.54, 1.807) is 4.90 Å². The van der Waals surface area contributed by atoms with Gasteiger partial charge in [0.15, 0.2) is 5.11 Å². The molecule has 1 aromatic carbocycles. The highest BCUT2D eigenvalue weighted by Gasteiger charge is 2.21. The molecule has 5 nitrogen and oxygen atoms in total. The van der Waals surface area contributed by atoms with Crippen LogP contribution < -0.4 is 11.1 Å². The van der Waals surface area contributed by atoms with E-state index in [4.69, 9.17) is 18.0 Å². The molecule has 0 saturated carbocycles. The van der Waals surface area contributed by atoms with Crippen LogP contribution in [0.3, 0.4) is 0 Å². The van der Waals surface area contributed by atoms with Crippen molar-refractivity contribution in [3.05, 3.63) is 29.3 Å². The van der Waals surface area contributed by atoms with E-state index in [9.17, 15) is 4.79 Å². The zero-order valence-electron chi connectivity index (χ0n) is 11.8. The molecule has 6 heteroatoms. The van der Waals surface area contributed by atoms with Gasteiger partial charge in [-0.05, 0) is 43.3 Å². The monoisotopic (exact) mass is 292 g/mol. The summed E-state index contributed by atoms with van der Waals surface area (Å²) in [6, 6.07) is 5.96. The quantitative estimate of drug-likeness (QED) is 0.773. The number of nitrogens with zero attached hydrogens (tertiary/aromatic N) is 2. The molecule has 1 fully saturated rings. The number of nitrogens with two attached hydrogens (primary N) is 1. The van der Waals surface area contributed by atoms with E-state index >= 15 is 0 Å². The van der Waals surface area contributed by atoms with Gasteiger partial charge in [-0.2, -0.15) is 0 Å². The third kappa shape index (κ3) is 3.39. The minimum atomic E-state index is -0.0683. The fourth-order valence-electron chi connectivity index (χ4n) is 2.19. The molecular formula is C14H20N4OS. The number of urea groups is 1. The van der Waals surface area contributed by atoms with Crippen LogP contribution in [0.1, 0.15) is 11.1 Å². The number of hydrogen-bond acceptors (Lipinski definition) is 2. The third-order valence-corrected chi connectivity index (χ3v) is 3.77. The number of hydrogen-bond donors (Lipinski definition) is 2. The van der Waals surface area contributed by atoms with Crippen LogP contribution in [-0.4, -0.2) is 47.1 Å². The van der Waals surface area contributed by atoms with Crippen LogP contribution in [0.25, 0.3) is 0 Å². The Morgan fingerprint density at radius 3 is 2.40 bits per heavy atom. The number of piperazine rings is 1. The Bertz CT molecular complexity index is 524. The summed E-state index contributed by atoms with van der Waals surface area (Å²) < 4.78 is 0. The Morgan fingerprint density at radius 2 is 1.80 bits per heavy atom. The second kappa shape index (κ2) is 6.09. The van der Waals surface area contributed by atoms with Crippen LogP contribution in [0.5, 0.6) is 0 Å². The minimum absolute atomic E-state index is 0.0683. The van der Waals surface area contributed by atoms with E-state index < -0.39 is 0 Å². The molecule has 0 bridgehead atoms. The highest BCUT2D eigenvalue weighted by Crippen LogP contribution is 2.17.